The Hall–Kier alpha value is -3.10. The van der Waals surface area contributed by atoms with Gasteiger partial charge in [0.2, 0.25) is 15.8 Å². The number of benzene rings is 2. The summed E-state index contributed by atoms with van der Waals surface area (Å²) in [4.78, 5) is 14.2. The minimum absolute atomic E-state index is 0.200. The highest BCUT2D eigenvalue weighted by Crippen LogP contribution is 2.35. The molecule has 0 saturated carbocycles. The predicted molar refractivity (Wildman–Crippen MR) is 151 cm³/mol. The summed E-state index contributed by atoms with van der Waals surface area (Å²) in [5, 5.41) is 5.10. The van der Waals surface area contributed by atoms with Crippen molar-refractivity contribution >= 4 is 16.1 Å². The van der Waals surface area contributed by atoms with E-state index < -0.39 is 15.8 Å². The Bertz CT molecular complexity index is 1350. The maximum atomic E-state index is 12.4. The van der Waals surface area contributed by atoms with Gasteiger partial charge in [-0.3, -0.25) is 0 Å². The molecular formula is C30H38N2O7S. The molecule has 1 atom stereocenters. The molecule has 0 bridgehead atoms. The number of rotatable bonds is 12. The lowest BCUT2D eigenvalue weighted by Crippen LogP contribution is -2.35. The van der Waals surface area contributed by atoms with E-state index in [9.17, 15) is 13.2 Å². The van der Waals surface area contributed by atoms with Crippen molar-refractivity contribution < 1.29 is 32.2 Å². The number of carbonyl (C=O) groups is 1. The number of hydrogen-bond acceptors (Lipinski definition) is 7. The molecule has 4 rings (SSSR count). The molecule has 1 fully saturated rings. The predicted octanol–water partition coefficient (Wildman–Crippen LogP) is 4.63. The van der Waals surface area contributed by atoms with Gasteiger partial charge in [-0.05, 0) is 48.2 Å². The molecule has 0 radical (unpaired) electrons. The molecule has 0 aromatic heterocycles. The van der Waals surface area contributed by atoms with Gasteiger partial charge < -0.3 is 23.8 Å². The molecule has 1 unspecified atom stereocenters. The largest absolute Gasteiger partial charge is 0.463 e. The van der Waals surface area contributed by atoms with Gasteiger partial charge >= 0.3 is 6.09 Å². The van der Waals surface area contributed by atoms with Crippen molar-refractivity contribution in [3.05, 3.63) is 64.7 Å². The van der Waals surface area contributed by atoms with Gasteiger partial charge in [-0.25, -0.2) is 18.4 Å². The standard InChI is InChI=1S/C30H38N2O7S/c1-30(2)37-21-26-19-25(13-14-27(26)39-30)28-20-32(29(33)38-28)15-6-3-4-7-16-36-17-8-5-10-23-11-9-12-24(18-23)22-40(31,34)35/h9,11-14,18-19,28H,3-4,6-8,15-17,20-22H2,1-2H3,(H2,31,34,35). The van der Waals surface area contributed by atoms with Crippen molar-refractivity contribution in [1.29, 1.82) is 0 Å². The van der Waals surface area contributed by atoms with Crippen LogP contribution in [0.25, 0.3) is 0 Å². The first kappa shape index (κ1) is 29.9. The molecule has 2 aromatic rings. The molecule has 0 aliphatic carbocycles. The second-order valence-electron chi connectivity index (χ2n) is 10.6. The third-order valence-corrected chi connectivity index (χ3v) is 7.38. The minimum atomic E-state index is -3.56. The van der Waals surface area contributed by atoms with E-state index in [2.05, 4.69) is 11.8 Å². The first-order valence-corrected chi connectivity index (χ1v) is 15.4. The van der Waals surface area contributed by atoms with Gasteiger partial charge in [0.15, 0.2) is 0 Å². The molecule has 2 aromatic carbocycles. The van der Waals surface area contributed by atoms with Gasteiger partial charge in [-0.1, -0.05) is 42.9 Å². The van der Waals surface area contributed by atoms with E-state index in [1.807, 2.05) is 38.1 Å². The minimum Gasteiger partial charge on any atom is -0.463 e. The molecule has 216 valence electrons. The molecule has 9 nitrogen and oxygen atoms in total. The van der Waals surface area contributed by atoms with Gasteiger partial charge in [-0.2, -0.15) is 0 Å². The topological polar surface area (TPSA) is 117 Å². The zero-order chi connectivity index (χ0) is 28.6. The molecule has 2 heterocycles. The van der Waals surface area contributed by atoms with Gasteiger partial charge in [0.05, 0.1) is 25.5 Å². The summed E-state index contributed by atoms with van der Waals surface area (Å²) in [5.41, 5.74) is 3.30. The number of ether oxygens (including phenoxy) is 4. The SMILES string of the molecule is CC1(C)OCc2cc(C3CN(CCCCCCOCCC#Cc4cccc(CS(N)(=O)=O)c4)C(=O)O3)ccc2O1. The number of nitrogens with zero attached hydrogens (tertiary/aromatic N) is 1. The van der Waals surface area contributed by atoms with Gasteiger partial charge in [0.25, 0.3) is 0 Å². The third-order valence-electron chi connectivity index (χ3n) is 6.64. The van der Waals surface area contributed by atoms with Crippen molar-refractivity contribution in [3.63, 3.8) is 0 Å². The van der Waals surface area contributed by atoms with Gasteiger partial charge in [0, 0.05) is 44.5 Å². The Morgan fingerprint density at radius 1 is 1.10 bits per heavy atom. The van der Waals surface area contributed by atoms with Gasteiger partial charge in [-0.15, -0.1) is 0 Å². The maximum Gasteiger partial charge on any atom is 0.410 e. The molecule has 1 amide bonds. The normalized spacial score (nSPS) is 17.9. The van der Waals surface area contributed by atoms with Gasteiger partial charge in [0.1, 0.15) is 11.9 Å². The van der Waals surface area contributed by atoms with Crippen LogP contribution >= 0.6 is 0 Å². The van der Waals surface area contributed by atoms with Crippen LogP contribution in [-0.2, 0) is 36.6 Å². The number of sulfonamides is 1. The average molecular weight is 571 g/mol. The lowest BCUT2D eigenvalue weighted by atomic mass is 10.0. The highest BCUT2D eigenvalue weighted by molar-refractivity contribution is 7.88. The fourth-order valence-electron chi connectivity index (χ4n) is 4.64. The van der Waals surface area contributed by atoms with Crippen molar-refractivity contribution in [1.82, 2.24) is 4.90 Å². The summed E-state index contributed by atoms with van der Waals surface area (Å²) < 4.78 is 45.4. The fraction of sp³-hybridized carbons (Fsp3) is 0.500. The van der Waals surface area contributed by atoms with E-state index in [0.717, 1.165) is 48.1 Å². The number of amides is 1. The van der Waals surface area contributed by atoms with Crippen LogP contribution in [0.5, 0.6) is 5.75 Å². The van der Waals surface area contributed by atoms with Crippen LogP contribution in [0, 0.1) is 11.8 Å². The van der Waals surface area contributed by atoms with Crippen LogP contribution in [0.3, 0.4) is 0 Å². The smallest absolute Gasteiger partial charge is 0.410 e. The molecule has 2 aliphatic heterocycles. The van der Waals surface area contributed by atoms with Crippen LogP contribution in [0.4, 0.5) is 4.79 Å². The highest BCUT2D eigenvalue weighted by atomic mass is 32.2. The Kier molecular flexibility index (Phi) is 10.1. The number of cyclic esters (lactones) is 1. The van der Waals surface area contributed by atoms with Crippen molar-refractivity contribution in [2.45, 2.75) is 70.2 Å². The summed E-state index contributed by atoms with van der Waals surface area (Å²) in [6.45, 7) is 6.68. The molecule has 1 saturated heterocycles. The highest BCUT2D eigenvalue weighted by Gasteiger charge is 2.33. The van der Waals surface area contributed by atoms with Crippen LogP contribution in [0.1, 0.15) is 74.3 Å². The van der Waals surface area contributed by atoms with Crippen LogP contribution in [0.2, 0.25) is 0 Å². The van der Waals surface area contributed by atoms with E-state index in [1.54, 1.807) is 23.1 Å². The Labute approximate surface area is 237 Å². The Balaban J connectivity index is 1.07. The average Bonchev–Trinajstić information content (AvgIpc) is 3.26. The number of fused-ring (bicyclic) bond motifs is 1. The van der Waals surface area contributed by atoms with Crippen molar-refractivity contribution in [2.75, 3.05) is 26.3 Å². The lowest BCUT2D eigenvalue weighted by molar-refractivity contribution is -0.180. The number of hydrogen-bond donors (Lipinski definition) is 1. The van der Waals surface area contributed by atoms with Crippen LogP contribution in [0.15, 0.2) is 42.5 Å². The van der Waals surface area contributed by atoms with E-state index in [0.29, 0.717) is 44.9 Å². The molecule has 0 spiro atoms. The molecule has 40 heavy (non-hydrogen) atoms. The van der Waals surface area contributed by atoms with Crippen LogP contribution in [-0.4, -0.2) is 51.5 Å². The summed E-state index contributed by atoms with van der Waals surface area (Å²) in [6.07, 6.45) is 3.95. The monoisotopic (exact) mass is 570 g/mol. The third kappa shape index (κ3) is 9.24. The molecule has 2 N–H and O–H groups in total. The summed E-state index contributed by atoms with van der Waals surface area (Å²) in [6, 6.07) is 13.0. The van der Waals surface area contributed by atoms with E-state index in [4.69, 9.17) is 24.1 Å². The first-order chi connectivity index (χ1) is 19.1. The first-order valence-electron chi connectivity index (χ1n) is 13.7. The quantitative estimate of drug-likeness (QED) is 0.292. The van der Waals surface area contributed by atoms with Crippen molar-refractivity contribution in [2.24, 2.45) is 5.14 Å². The maximum absolute atomic E-state index is 12.4. The summed E-state index contributed by atoms with van der Waals surface area (Å²) >= 11 is 0. The molecule has 2 aliphatic rings. The summed E-state index contributed by atoms with van der Waals surface area (Å²) in [5.74, 6) is 6.06. The molecular weight excluding hydrogens is 532 g/mol. The van der Waals surface area contributed by atoms with E-state index in [1.165, 1.54) is 0 Å². The van der Waals surface area contributed by atoms with E-state index in [-0.39, 0.29) is 18.0 Å². The van der Waals surface area contributed by atoms with Crippen molar-refractivity contribution in [3.8, 4) is 17.6 Å². The summed E-state index contributed by atoms with van der Waals surface area (Å²) in [7, 11) is -3.56. The second-order valence-corrected chi connectivity index (χ2v) is 12.2. The molecule has 10 heteroatoms. The Morgan fingerprint density at radius 2 is 1.93 bits per heavy atom. The zero-order valence-corrected chi connectivity index (χ0v) is 24.0. The Morgan fingerprint density at radius 3 is 2.75 bits per heavy atom. The second kappa shape index (κ2) is 13.5. The lowest BCUT2D eigenvalue weighted by Gasteiger charge is -2.32. The van der Waals surface area contributed by atoms with Crippen LogP contribution < -0.4 is 9.88 Å². The van der Waals surface area contributed by atoms with E-state index >= 15 is 0 Å². The number of primary sulfonamides is 1. The number of unbranched alkanes of at least 4 members (excludes halogenated alkanes) is 3. The fourth-order valence-corrected chi connectivity index (χ4v) is 5.29. The number of carbonyl (C=O) groups excluding carboxylic acids is 1. The number of nitrogens with two attached hydrogens (primary N) is 1. The zero-order valence-electron chi connectivity index (χ0n) is 23.2.